The normalized spacial score (nSPS) is 15.4. The van der Waals surface area contributed by atoms with Crippen LogP contribution in [0.1, 0.15) is 44.2 Å². The third kappa shape index (κ3) is 7.20. The van der Waals surface area contributed by atoms with Crippen molar-refractivity contribution in [1.29, 1.82) is 0 Å². The molecule has 8 nitrogen and oxygen atoms in total. The van der Waals surface area contributed by atoms with Crippen molar-refractivity contribution in [2.45, 2.75) is 39.2 Å². The van der Waals surface area contributed by atoms with Gasteiger partial charge in [0, 0.05) is 32.1 Å². The molecule has 0 bridgehead atoms. The number of hydrogen-bond acceptors (Lipinski definition) is 6. The Labute approximate surface area is 172 Å². The first-order chi connectivity index (χ1) is 13.6. The number of carbonyl (C=O) groups excluding carboxylic acids is 3. The minimum absolute atomic E-state index is 0.0530. The first kappa shape index (κ1) is 22.9. The van der Waals surface area contributed by atoms with Crippen LogP contribution in [0.4, 0.5) is 0 Å². The lowest BCUT2D eigenvalue weighted by molar-refractivity contribution is -0.160. The molecule has 0 radical (unpaired) electrons. The molecule has 1 aliphatic heterocycles. The van der Waals surface area contributed by atoms with Crippen LogP contribution in [0, 0.1) is 5.92 Å². The van der Waals surface area contributed by atoms with Gasteiger partial charge < -0.3 is 23.9 Å². The zero-order valence-corrected chi connectivity index (χ0v) is 18.1. The summed E-state index contributed by atoms with van der Waals surface area (Å²) < 4.78 is 10.6. The number of amides is 2. The summed E-state index contributed by atoms with van der Waals surface area (Å²) in [6, 6.07) is 3.33. The minimum Gasteiger partial charge on any atom is -0.459 e. The van der Waals surface area contributed by atoms with Gasteiger partial charge in [0.1, 0.15) is 12.1 Å². The lowest BCUT2D eigenvalue weighted by Crippen LogP contribution is -2.48. The second-order valence-electron chi connectivity index (χ2n) is 8.69. The molecular weight excluding hydrogens is 374 g/mol. The summed E-state index contributed by atoms with van der Waals surface area (Å²) in [5.74, 6) is -0.510. The number of esters is 1. The van der Waals surface area contributed by atoms with Crippen LogP contribution in [0.5, 0.6) is 0 Å². The molecule has 29 heavy (non-hydrogen) atoms. The number of likely N-dealkylation sites (N-methyl/N-ethyl adjacent to an activating group) is 1. The van der Waals surface area contributed by atoms with Crippen LogP contribution in [0.3, 0.4) is 0 Å². The van der Waals surface area contributed by atoms with Gasteiger partial charge in [0.25, 0.3) is 5.91 Å². The maximum absolute atomic E-state index is 13.1. The summed E-state index contributed by atoms with van der Waals surface area (Å²) in [5.41, 5.74) is -0.592. The number of hydrogen-bond donors (Lipinski definition) is 0. The summed E-state index contributed by atoms with van der Waals surface area (Å²) in [6.07, 6.45) is 2.61. The Morgan fingerprint density at radius 1 is 1.17 bits per heavy atom. The predicted molar refractivity (Wildman–Crippen MR) is 108 cm³/mol. The molecule has 0 spiro atoms. The van der Waals surface area contributed by atoms with Gasteiger partial charge in [0.2, 0.25) is 5.91 Å². The molecule has 0 aromatic carbocycles. The van der Waals surface area contributed by atoms with Crippen molar-refractivity contribution in [3.8, 4) is 0 Å². The van der Waals surface area contributed by atoms with E-state index >= 15 is 0 Å². The van der Waals surface area contributed by atoms with E-state index in [9.17, 15) is 14.4 Å². The van der Waals surface area contributed by atoms with Gasteiger partial charge in [0.05, 0.1) is 6.26 Å². The number of rotatable bonds is 7. The van der Waals surface area contributed by atoms with Crippen molar-refractivity contribution in [1.82, 2.24) is 14.7 Å². The number of furan rings is 1. The van der Waals surface area contributed by atoms with E-state index in [1.807, 2.05) is 39.8 Å². The number of carbonyl (C=O) groups is 3. The van der Waals surface area contributed by atoms with Gasteiger partial charge in [-0.2, -0.15) is 0 Å². The molecule has 162 valence electrons. The first-order valence-corrected chi connectivity index (χ1v) is 10.0. The quantitative estimate of drug-likeness (QED) is 0.642. The molecule has 2 rings (SSSR count). The highest BCUT2D eigenvalue weighted by atomic mass is 16.6. The Balaban J connectivity index is 1.95. The molecule has 2 heterocycles. The van der Waals surface area contributed by atoms with Gasteiger partial charge in [-0.05, 0) is 59.8 Å². The number of likely N-dealkylation sites (tertiary alicyclic amines) is 1. The van der Waals surface area contributed by atoms with Crippen LogP contribution in [0.2, 0.25) is 0 Å². The Hall–Kier alpha value is -2.35. The Kier molecular flexibility index (Phi) is 7.84. The molecule has 1 aromatic heterocycles. The van der Waals surface area contributed by atoms with Crippen molar-refractivity contribution in [3.63, 3.8) is 0 Å². The van der Waals surface area contributed by atoms with E-state index in [0.717, 1.165) is 0 Å². The van der Waals surface area contributed by atoms with Crippen molar-refractivity contribution in [2.75, 3.05) is 46.8 Å². The fourth-order valence-corrected chi connectivity index (χ4v) is 3.26. The van der Waals surface area contributed by atoms with E-state index < -0.39 is 11.6 Å². The molecule has 0 unspecified atom stereocenters. The van der Waals surface area contributed by atoms with E-state index in [0.29, 0.717) is 44.8 Å². The Bertz CT molecular complexity index is 686. The molecule has 0 atom stereocenters. The van der Waals surface area contributed by atoms with Crippen molar-refractivity contribution >= 4 is 17.8 Å². The molecule has 1 fully saturated rings. The molecule has 1 saturated heterocycles. The van der Waals surface area contributed by atoms with Crippen LogP contribution < -0.4 is 0 Å². The third-order valence-corrected chi connectivity index (χ3v) is 4.73. The van der Waals surface area contributed by atoms with Crippen LogP contribution in [-0.2, 0) is 14.3 Å². The fraction of sp³-hybridized carbons (Fsp3) is 0.667. The highest BCUT2D eigenvalue weighted by molar-refractivity contribution is 5.91. The molecule has 0 saturated carbocycles. The van der Waals surface area contributed by atoms with Crippen LogP contribution in [-0.4, -0.2) is 84.9 Å². The van der Waals surface area contributed by atoms with Crippen molar-refractivity contribution < 1.29 is 23.5 Å². The molecular formula is C21H33N3O5. The van der Waals surface area contributed by atoms with E-state index in [2.05, 4.69) is 0 Å². The zero-order chi connectivity index (χ0) is 21.6. The van der Waals surface area contributed by atoms with Crippen LogP contribution in [0.25, 0.3) is 0 Å². The highest BCUT2D eigenvalue weighted by Crippen LogP contribution is 2.22. The maximum Gasteiger partial charge on any atom is 0.326 e. The van der Waals surface area contributed by atoms with E-state index in [-0.39, 0.29) is 24.3 Å². The molecule has 2 amide bonds. The van der Waals surface area contributed by atoms with Gasteiger partial charge in [-0.1, -0.05) is 0 Å². The predicted octanol–water partition coefficient (Wildman–Crippen LogP) is 1.86. The maximum atomic E-state index is 13.1. The monoisotopic (exact) mass is 407 g/mol. The average molecular weight is 408 g/mol. The summed E-state index contributed by atoms with van der Waals surface area (Å²) in [7, 11) is 3.85. The van der Waals surface area contributed by atoms with E-state index in [4.69, 9.17) is 9.15 Å². The number of nitrogens with zero attached hydrogens (tertiary/aromatic N) is 3. The molecule has 1 aromatic rings. The topological polar surface area (TPSA) is 83.3 Å². The Morgan fingerprint density at radius 2 is 1.83 bits per heavy atom. The van der Waals surface area contributed by atoms with Crippen LogP contribution in [0.15, 0.2) is 22.8 Å². The first-order valence-electron chi connectivity index (χ1n) is 10.0. The van der Waals surface area contributed by atoms with Gasteiger partial charge >= 0.3 is 5.97 Å². The number of piperidine rings is 1. The lowest BCUT2D eigenvalue weighted by Gasteiger charge is -2.34. The lowest BCUT2D eigenvalue weighted by atomic mass is 9.95. The summed E-state index contributed by atoms with van der Waals surface area (Å²) in [5, 5.41) is 0. The van der Waals surface area contributed by atoms with Gasteiger partial charge in [-0.25, -0.2) is 0 Å². The summed E-state index contributed by atoms with van der Waals surface area (Å²) in [4.78, 5) is 43.0. The van der Waals surface area contributed by atoms with Gasteiger partial charge in [-0.3, -0.25) is 14.4 Å². The Morgan fingerprint density at radius 3 is 2.34 bits per heavy atom. The minimum atomic E-state index is -0.592. The summed E-state index contributed by atoms with van der Waals surface area (Å²) in [6.45, 7) is 7.46. The van der Waals surface area contributed by atoms with Crippen LogP contribution >= 0.6 is 0 Å². The summed E-state index contributed by atoms with van der Waals surface area (Å²) >= 11 is 0. The number of ether oxygens (including phenoxy) is 1. The molecule has 1 aliphatic rings. The van der Waals surface area contributed by atoms with E-state index in [1.54, 1.807) is 21.9 Å². The second kappa shape index (κ2) is 9.91. The smallest absolute Gasteiger partial charge is 0.326 e. The van der Waals surface area contributed by atoms with Gasteiger partial charge in [0.15, 0.2) is 5.76 Å². The largest absolute Gasteiger partial charge is 0.459 e. The molecule has 8 heteroatoms. The zero-order valence-electron chi connectivity index (χ0n) is 18.1. The van der Waals surface area contributed by atoms with Crippen molar-refractivity contribution in [2.24, 2.45) is 5.92 Å². The molecule has 0 N–H and O–H groups in total. The second-order valence-corrected chi connectivity index (χ2v) is 8.69. The van der Waals surface area contributed by atoms with Gasteiger partial charge in [-0.15, -0.1) is 0 Å². The standard InChI is InChI=1S/C21H33N3O5/c1-21(2,3)29-18(25)15-24(13-12-22(4)5)19(26)16-8-10-23(11-9-16)20(27)17-7-6-14-28-17/h6-7,14,16H,8-13,15H2,1-5H3. The van der Waals surface area contributed by atoms with E-state index in [1.165, 1.54) is 6.26 Å². The third-order valence-electron chi connectivity index (χ3n) is 4.73. The SMILES string of the molecule is CN(C)CCN(CC(=O)OC(C)(C)C)C(=O)C1CCN(C(=O)c2ccco2)CC1. The fourth-order valence-electron chi connectivity index (χ4n) is 3.26. The average Bonchev–Trinajstić information content (AvgIpc) is 3.17. The van der Waals surface area contributed by atoms with Crippen molar-refractivity contribution in [3.05, 3.63) is 24.2 Å². The molecule has 0 aliphatic carbocycles. The highest BCUT2D eigenvalue weighted by Gasteiger charge is 2.32.